The summed E-state index contributed by atoms with van der Waals surface area (Å²) in [5.74, 6) is 0.965. The van der Waals surface area contributed by atoms with E-state index in [0.29, 0.717) is 24.0 Å². The van der Waals surface area contributed by atoms with E-state index in [4.69, 9.17) is 4.74 Å². The van der Waals surface area contributed by atoms with Crippen molar-refractivity contribution in [2.24, 2.45) is 5.92 Å². The number of nitrogens with zero attached hydrogens (tertiary/aromatic N) is 1. The van der Waals surface area contributed by atoms with Crippen molar-refractivity contribution in [2.75, 3.05) is 13.2 Å². The van der Waals surface area contributed by atoms with E-state index in [1.165, 1.54) is 30.2 Å². The quantitative estimate of drug-likeness (QED) is 0.693. The third-order valence-electron chi connectivity index (χ3n) is 5.21. The lowest BCUT2D eigenvalue weighted by Gasteiger charge is -2.30. The summed E-state index contributed by atoms with van der Waals surface area (Å²) in [5, 5.41) is 16.6. The van der Waals surface area contributed by atoms with Gasteiger partial charge in [-0.1, -0.05) is 24.3 Å². The average Bonchev–Trinajstić information content (AvgIpc) is 3.55. The van der Waals surface area contributed by atoms with E-state index in [0.717, 1.165) is 13.0 Å². The molecule has 2 aromatic rings. The van der Waals surface area contributed by atoms with Gasteiger partial charge in [0.15, 0.2) is 0 Å². The van der Waals surface area contributed by atoms with E-state index in [2.05, 4.69) is 27.8 Å². The molecule has 142 valence electrons. The maximum atomic E-state index is 12.3. The van der Waals surface area contributed by atoms with Crippen LogP contribution >= 0.6 is 0 Å². The van der Waals surface area contributed by atoms with Gasteiger partial charge >= 0.3 is 0 Å². The number of benzene rings is 1. The molecule has 2 atom stereocenters. The predicted molar refractivity (Wildman–Crippen MR) is 102 cm³/mol. The van der Waals surface area contributed by atoms with Crippen LogP contribution < -0.4 is 15.4 Å². The zero-order valence-electron chi connectivity index (χ0n) is 15.2. The number of aliphatic hydroxyl groups is 1. The number of carbonyl (C=O) groups is 1. The summed E-state index contributed by atoms with van der Waals surface area (Å²) >= 11 is 0. The second kappa shape index (κ2) is 8.06. The summed E-state index contributed by atoms with van der Waals surface area (Å²) in [4.78, 5) is 16.5. The number of fused-ring (bicyclic) bond motifs is 1. The van der Waals surface area contributed by atoms with E-state index in [1.807, 2.05) is 12.1 Å². The monoisotopic (exact) mass is 367 g/mol. The number of nitrogens with one attached hydrogen (secondary N) is 2. The molecule has 1 aromatic heterocycles. The van der Waals surface area contributed by atoms with Crippen LogP contribution in [0, 0.1) is 5.92 Å². The first-order chi connectivity index (χ1) is 13.2. The highest BCUT2D eigenvalue weighted by molar-refractivity contribution is 5.93. The fraction of sp³-hybridized carbons (Fsp3) is 0.429. The van der Waals surface area contributed by atoms with Crippen molar-refractivity contribution in [1.82, 2.24) is 15.6 Å². The molecule has 0 saturated heterocycles. The van der Waals surface area contributed by atoms with Crippen molar-refractivity contribution in [3.05, 3.63) is 59.3 Å². The van der Waals surface area contributed by atoms with Crippen molar-refractivity contribution < 1.29 is 14.6 Å². The fourth-order valence-corrected chi connectivity index (χ4v) is 3.28. The summed E-state index contributed by atoms with van der Waals surface area (Å²) in [6.07, 6.45) is 4.06. The molecular formula is C21H25N3O3. The topological polar surface area (TPSA) is 83.5 Å². The molecule has 1 saturated carbocycles. The number of hydrogen-bond acceptors (Lipinski definition) is 5. The summed E-state index contributed by atoms with van der Waals surface area (Å²) in [5.41, 5.74) is 2.97. The lowest BCUT2D eigenvalue weighted by molar-refractivity contribution is 0.0869. The van der Waals surface area contributed by atoms with Gasteiger partial charge in [0.25, 0.3) is 5.91 Å². The van der Waals surface area contributed by atoms with Crippen LogP contribution in [0.1, 0.15) is 34.3 Å². The van der Waals surface area contributed by atoms with Crippen molar-refractivity contribution in [1.29, 1.82) is 0 Å². The van der Waals surface area contributed by atoms with Gasteiger partial charge in [-0.05, 0) is 42.4 Å². The third kappa shape index (κ3) is 4.64. The molecule has 1 amide bonds. The highest BCUT2D eigenvalue weighted by atomic mass is 16.5. The minimum Gasteiger partial charge on any atom is -0.477 e. The Labute approximate surface area is 159 Å². The van der Waals surface area contributed by atoms with Gasteiger partial charge in [-0.25, -0.2) is 4.98 Å². The molecule has 27 heavy (non-hydrogen) atoms. The second-order valence-corrected chi connectivity index (χ2v) is 7.38. The molecule has 0 spiro atoms. The Kier molecular flexibility index (Phi) is 5.36. The van der Waals surface area contributed by atoms with Crippen LogP contribution in [0.15, 0.2) is 42.6 Å². The Bertz CT molecular complexity index is 790. The minimum absolute atomic E-state index is 0.0727. The highest BCUT2D eigenvalue weighted by Gasteiger charge is 2.25. The van der Waals surface area contributed by atoms with Gasteiger partial charge < -0.3 is 20.5 Å². The number of aliphatic hydroxyl groups excluding tert-OH is 1. The zero-order chi connectivity index (χ0) is 18.6. The van der Waals surface area contributed by atoms with Gasteiger partial charge in [0.05, 0.1) is 18.3 Å². The molecule has 2 aliphatic rings. The summed E-state index contributed by atoms with van der Waals surface area (Å²) in [7, 11) is 0. The van der Waals surface area contributed by atoms with E-state index < -0.39 is 6.10 Å². The van der Waals surface area contributed by atoms with E-state index in [1.54, 1.807) is 12.1 Å². The Morgan fingerprint density at radius 2 is 2.07 bits per heavy atom. The number of rotatable bonds is 7. The summed E-state index contributed by atoms with van der Waals surface area (Å²) < 4.78 is 5.58. The molecule has 4 rings (SSSR count). The van der Waals surface area contributed by atoms with Crippen LogP contribution in [0.5, 0.6) is 5.88 Å². The normalized spacial score (nSPS) is 19.8. The predicted octanol–water partition coefficient (Wildman–Crippen LogP) is 1.68. The molecule has 1 unspecified atom stereocenters. The first-order valence-electron chi connectivity index (χ1n) is 9.54. The van der Waals surface area contributed by atoms with Gasteiger partial charge in [-0.2, -0.15) is 0 Å². The van der Waals surface area contributed by atoms with Crippen molar-refractivity contribution in [2.45, 2.75) is 38.0 Å². The maximum absolute atomic E-state index is 12.3. The van der Waals surface area contributed by atoms with Gasteiger partial charge in [0, 0.05) is 31.4 Å². The van der Waals surface area contributed by atoms with Gasteiger partial charge in [-0.15, -0.1) is 0 Å². The number of amides is 1. The molecule has 1 aromatic carbocycles. The summed E-state index contributed by atoms with van der Waals surface area (Å²) in [6, 6.07) is 11.6. The van der Waals surface area contributed by atoms with Crippen LogP contribution in [0.25, 0.3) is 0 Å². The molecule has 3 N–H and O–H groups in total. The molecule has 6 heteroatoms. The zero-order valence-corrected chi connectivity index (χ0v) is 15.2. The molecule has 2 heterocycles. The average molecular weight is 367 g/mol. The smallest absolute Gasteiger partial charge is 0.252 e. The van der Waals surface area contributed by atoms with Crippen molar-refractivity contribution >= 4 is 5.91 Å². The first-order valence-corrected chi connectivity index (χ1v) is 9.54. The molecule has 1 fully saturated rings. The highest BCUT2D eigenvalue weighted by Crippen LogP contribution is 2.29. The molecule has 0 radical (unpaired) electrons. The Morgan fingerprint density at radius 1 is 1.26 bits per heavy atom. The van der Waals surface area contributed by atoms with E-state index >= 15 is 0 Å². The number of hydrogen-bond donors (Lipinski definition) is 3. The molecule has 1 aliphatic carbocycles. The third-order valence-corrected chi connectivity index (χ3v) is 5.21. The van der Waals surface area contributed by atoms with Gasteiger partial charge in [0.1, 0.15) is 0 Å². The van der Waals surface area contributed by atoms with E-state index in [9.17, 15) is 9.90 Å². The van der Waals surface area contributed by atoms with E-state index in [-0.39, 0.29) is 18.5 Å². The van der Waals surface area contributed by atoms with Crippen molar-refractivity contribution in [3.8, 4) is 5.88 Å². The van der Waals surface area contributed by atoms with Crippen LogP contribution in [-0.4, -0.2) is 41.3 Å². The van der Waals surface area contributed by atoms with Crippen LogP contribution in [0.3, 0.4) is 0 Å². The lowest BCUT2D eigenvalue weighted by Crippen LogP contribution is -2.49. The Balaban J connectivity index is 1.26. The Hall–Kier alpha value is -2.44. The van der Waals surface area contributed by atoms with Crippen molar-refractivity contribution in [3.63, 3.8) is 0 Å². The second-order valence-electron chi connectivity index (χ2n) is 7.38. The largest absolute Gasteiger partial charge is 0.477 e. The first kappa shape index (κ1) is 17.9. The van der Waals surface area contributed by atoms with Crippen LogP contribution in [0.2, 0.25) is 0 Å². The standard InChI is InChI=1S/C21H25N3O3/c25-19(18-9-15-3-1-2-4-16(15)10-22-18)12-24-21(26)17-7-8-20(23-11-17)27-13-14-5-6-14/h1-4,7-8,11,14,18-19,22,25H,5-6,9-10,12-13H2,(H,24,26)/t18-,19?/m0/s1. The maximum Gasteiger partial charge on any atom is 0.252 e. The molecule has 1 aliphatic heterocycles. The molecule has 6 nitrogen and oxygen atoms in total. The Morgan fingerprint density at radius 3 is 2.81 bits per heavy atom. The SMILES string of the molecule is O=C(NCC(O)[C@@H]1Cc2ccccc2CN1)c1ccc(OCC2CC2)nc1. The van der Waals surface area contributed by atoms with Gasteiger partial charge in [0.2, 0.25) is 5.88 Å². The van der Waals surface area contributed by atoms with Crippen LogP contribution in [0.4, 0.5) is 0 Å². The fourth-order valence-electron chi connectivity index (χ4n) is 3.28. The number of carbonyl (C=O) groups excluding carboxylic acids is 1. The number of pyridine rings is 1. The minimum atomic E-state index is -0.656. The molecular weight excluding hydrogens is 342 g/mol. The lowest BCUT2D eigenvalue weighted by atomic mass is 9.93. The number of ether oxygens (including phenoxy) is 1. The van der Waals surface area contributed by atoms with Crippen LogP contribution in [-0.2, 0) is 13.0 Å². The molecule has 0 bridgehead atoms. The summed E-state index contributed by atoms with van der Waals surface area (Å²) in [6.45, 7) is 1.62. The van der Waals surface area contributed by atoms with Gasteiger partial charge in [-0.3, -0.25) is 4.79 Å². The number of aromatic nitrogens is 1.